The van der Waals surface area contributed by atoms with Crippen molar-refractivity contribution in [3.05, 3.63) is 94.7 Å². The minimum Gasteiger partial charge on any atom is -0.494 e. The first-order valence-corrected chi connectivity index (χ1v) is 30.6. The van der Waals surface area contributed by atoms with Crippen molar-refractivity contribution in [2.75, 3.05) is 55.6 Å². The molecule has 17 nitrogen and oxygen atoms in total. The van der Waals surface area contributed by atoms with Crippen molar-refractivity contribution >= 4 is 87.8 Å². The number of carbonyl (C=O) groups excluding carboxylic acids is 4. The first kappa shape index (κ1) is 58.6. The minimum atomic E-state index is -2.57. The number of benzene rings is 3. The molecule has 1 unspecified atom stereocenters. The number of hydrogen-bond acceptors (Lipinski definition) is 14. The number of amides is 4. The average Bonchev–Trinajstić information content (AvgIpc) is 4.03. The van der Waals surface area contributed by atoms with Gasteiger partial charge >= 0.3 is 0 Å². The van der Waals surface area contributed by atoms with E-state index in [0.29, 0.717) is 52.1 Å². The van der Waals surface area contributed by atoms with E-state index in [4.69, 9.17) is 16.3 Å². The van der Waals surface area contributed by atoms with Crippen LogP contribution < -0.4 is 41.5 Å². The Bertz CT molecular complexity index is 2870. The van der Waals surface area contributed by atoms with Crippen LogP contribution in [-0.4, -0.2) is 113 Å². The SMILES string of the molecule is COc1cc(N2CCC(NC(=O)CCCCCCCCCC(=O)NC(C(=O)N3C[C@@H](O)C[C@H]3C(=O)NCc3ccc(-c4scnc4C)cc3)C(C)(C)C)CC2)ccc1Nc1ncc(Cl)c(Nc2ccccc2P(C)(C)=O)n1. The highest BCUT2D eigenvalue weighted by atomic mass is 35.5. The highest BCUT2D eigenvalue weighted by molar-refractivity contribution is 7.70. The Balaban J connectivity index is 0.759. The summed E-state index contributed by atoms with van der Waals surface area (Å²) in [5.74, 6) is 0.468. The van der Waals surface area contributed by atoms with Crippen molar-refractivity contribution in [2.45, 2.75) is 136 Å². The maximum atomic E-state index is 14.0. The van der Waals surface area contributed by atoms with Gasteiger partial charge in [-0.25, -0.2) is 9.97 Å². The number of unbranched alkanes of at least 4 members (excludes halogenated alkanes) is 6. The molecule has 0 bridgehead atoms. The Hall–Kier alpha value is -6.07. The van der Waals surface area contributed by atoms with Crippen molar-refractivity contribution in [2.24, 2.45) is 5.41 Å². The van der Waals surface area contributed by atoms with E-state index in [-0.39, 0.29) is 55.6 Å². The zero-order valence-corrected chi connectivity index (χ0v) is 48.0. The molecule has 0 spiro atoms. The Kier molecular flexibility index (Phi) is 20.6. The minimum absolute atomic E-state index is 0.0228. The Morgan fingerprint density at radius 2 is 1.56 bits per heavy atom. The van der Waals surface area contributed by atoms with Crippen molar-refractivity contribution in [3.8, 4) is 16.2 Å². The van der Waals surface area contributed by atoms with E-state index in [1.807, 2.05) is 99.9 Å². The Labute approximate surface area is 462 Å². The summed E-state index contributed by atoms with van der Waals surface area (Å²) < 4.78 is 18.7. The molecule has 2 aromatic heterocycles. The molecular weight excluding hydrogens is 1040 g/mol. The third-order valence-electron chi connectivity index (χ3n) is 14.2. The number of nitrogens with zero attached hydrogens (tertiary/aromatic N) is 5. The van der Waals surface area contributed by atoms with Crippen LogP contribution in [0, 0.1) is 12.3 Å². The van der Waals surface area contributed by atoms with Crippen LogP contribution in [-0.2, 0) is 30.3 Å². The van der Waals surface area contributed by atoms with Crippen LogP contribution in [0.2, 0.25) is 5.02 Å². The first-order valence-electron chi connectivity index (χ1n) is 26.8. The summed E-state index contributed by atoms with van der Waals surface area (Å²) in [6, 6.07) is 19.7. The summed E-state index contributed by atoms with van der Waals surface area (Å²) in [5.41, 5.74) is 6.48. The molecule has 77 heavy (non-hydrogen) atoms. The summed E-state index contributed by atoms with van der Waals surface area (Å²) in [5, 5.41) is 27.3. The number of anilines is 5. The van der Waals surface area contributed by atoms with Gasteiger partial charge in [-0.2, -0.15) is 4.98 Å². The van der Waals surface area contributed by atoms with E-state index in [1.54, 1.807) is 31.8 Å². The number of para-hydroxylation sites is 1. The topological polar surface area (TPSA) is 220 Å². The number of halogens is 1. The van der Waals surface area contributed by atoms with Gasteiger partial charge in [-0.3, -0.25) is 19.2 Å². The number of likely N-dealkylation sites (tertiary alicyclic amines) is 1. The normalized spacial score (nSPS) is 16.4. The number of nitrogens with one attached hydrogen (secondary N) is 5. The number of aliphatic hydroxyl groups is 1. The second kappa shape index (κ2) is 27.0. The number of rotatable bonds is 24. The fraction of sp³-hybridized carbons (Fsp3) is 0.491. The smallest absolute Gasteiger partial charge is 0.246 e. The lowest BCUT2D eigenvalue weighted by Crippen LogP contribution is -2.57. The van der Waals surface area contributed by atoms with E-state index in [9.17, 15) is 28.8 Å². The van der Waals surface area contributed by atoms with E-state index >= 15 is 0 Å². The molecule has 3 atom stereocenters. The molecule has 0 saturated carbocycles. The summed E-state index contributed by atoms with van der Waals surface area (Å²) in [6.45, 7) is 12.9. The quantitative estimate of drug-likeness (QED) is 0.0251. The van der Waals surface area contributed by atoms with Crippen LogP contribution in [0.5, 0.6) is 5.75 Å². The van der Waals surface area contributed by atoms with E-state index in [2.05, 4.69) is 46.4 Å². The van der Waals surface area contributed by atoms with Crippen LogP contribution >= 0.6 is 30.1 Å². The summed E-state index contributed by atoms with van der Waals surface area (Å²) in [4.78, 5) is 71.8. The van der Waals surface area contributed by atoms with Gasteiger partial charge in [-0.15, -0.1) is 11.3 Å². The number of methoxy groups -OCH3 is 1. The lowest BCUT2D eigenvalue weighted by molar-refractivity contribution is -0.144. The zero-order chi connectivity index (χ0) is 55.3. The molecule has 2 aliphatic rings. The zero-order valence-electron chi connectivity index (χ0n) is 45.5. The fourth-order valence-corrected chi connectivity index (χ4v) is 11.9. The molecule has 20 heteroatoms. The van der Waals surface area contributed by atoms with Gasteiger partial charge in [0, 0.05) is 68.5 Å². The second-order valence-corrected chi connectivity index (χ2v) is 26.1. The number of aromatic nitrogens is 3. The molecule has 4 amide bonds. The van der Waals surface area contributed by atoms with Crippen molar-refractivity contribution in [3.63, 3.8) is 0 Å². The third kappa shape index (κ3) is 16.5. The molecule has 7 rings (SSSR count). The van der Waals surface area contributed by atoms with Gasteiger partial charge in [0.25, 0.3) is 0 Å². The molecule has 0 radical (unpaired) electrons. The standard InChI is InChI=1S/C57H76ClN10O7PS/c1-37-51(77-36-61-37)39-23-21-38(22-24-39)33-59-54(72)46-32-42(69)35-68(46)55(73)52(57(2,3)4)65-50(71)20-14-12-10-8-9-11-13-19-49(70)62-40-27-29-67(30-28-40)41-25-26-44(47(31-41)75-5)64-56-60-34-43(58)53(66-56)63-45-17-15-16-18-48(45)76(6,7)74/h15-18,21-26,31,34,36,40,42,46,52,69H,8-14,19-20,27-30,32-33,35H2,1-7H3,(H,59,72)(H,62,70)(H,65,71)(H2,60,63,64,66)/t42-,46-,52?/m0/s1. The second-order valence-electron chi connectivity index (χ2n) is 21.6. The highest BCUT2D eigenvalue weighted by Gasteiger charge is 2.44. The molecule has 6 N–H and O–H groups in total. The molecule has 4 heterocycles. The van der Waals surface area contributed by atoms with E-state index in [1.165, 1.54) is 11.1 Å². The van der Waals surface area contributed by atoms with Crippen LogP contribution in [0.25, 0.3) is 10.4 Å². The predicted molar refractivity (Wildman–Crippen MR) is 309 cm³/mol. The number of ether oxygens (including phenoxy) is 1. The number of β-amino-alcohol motifs (C(OH)–C–C–N with tert-alkyl or cyclic N) is 1. The van der Waals surface area contributed by atoms with Gasteiger partial charge in [0.2, 0.25) is 29.6 Å². The molecule has 3 aromatic carbocycles. The molecule has 2 saturated heterocycles. The molecular formula is C57H76ClN10O7PS. The summed E-state index contributed by atoms with van der Waals surface area (Å²) in [7, 11) is -0.955. The van der Waals surface area contributed by atoms with E-state index < -0.39 is 30.7 Å². The Morgan fingerprint density at radius 3 is 2.21 bits per heavy atom. The van der Waals surface area contributed by atoms with Crippen LogP contribution in [0.1, 0.15) is 109 Å². The molecule has 5 aromatic rings. The third-order valence-corrected chi connectivity index (χ3v) is 17.0. The number of carbonyl (C=O) groups is 4. The largest absolute Gasteiger partial charge is 0.494 e. The van der Waals surface area contributed by atoms with Crippen molar-refractivity contribution in [1.82, 2.24) is 35.8 Å². The highest BCUT2D eigenvalue weighted by Crippen LogP contribution is 2.39. The van der Waals surface area contributed by atoms with Crippen LogP contribution in [0.3, 0.4) is 0 Å². The predicted octanol–water partition coefficient (Wildman–Crippen LogP) is 9.71. The van der Waals surface area contributed by atoms with Crippen LogP contribution in [0.4, 0.5) is 28.8 Å². The van der Waals surface area contributed by atoms with Crippen molar-refractivity contribution in [1.29, 1.82) is 0 Å². The van der Waals surface area contributed by atoms with Gasteiger partial charge in [-0.05, 0) is 86.7 Å². The molecule has 2 aliphatic heterocycles. The first-order chi connectivity index (χ1) is 36.8. The summed E-state index contributed by atoms with van der Waals surface area (Å²) in [6.07, 6.45) is 9.57. The lowest BCUT2D eigenvalue weighted by atomic mass is 9.85. The van der Waals surface area contributed by atoms with Gasteiger partial charge < -0.3 is 50.8 Å². The number of piperidine rings is 1. The van der Waals surface area contributed by atoms with Gasteiger partial charge in [0.05, 0.1) is 46.9 Å². The van der Waals surface area contributed by atoms with Gasteiger partial charge in [0.15, 0.2) is 5.82 Å². The number of thiazole rings is 1. The van der Waals surface area contributed by atoms with E-state index in [0.717, 1.165) is 91.8 Å². The summed E-state index contributed by atoms with van der Waals surface area (Å²) >= 11 is 8.06. The number of aliphatic hydroxyl groups excluding tert-OH is 1. The number of aryl methyl sites for hydroxylation is 1. The maximum Gasteiger partial charge on any atom is 0.246 e. The maximum absolute atomic E-state index is 14.0. The molecule has 2 fully saturated rings. The number of hydrogen-bond donors (Lipinski definition) is 6. The Morgan fingerprint density at radius 1 is 0.883 bits per heavy atom. The molecule has 0 aliphatic carbocycles. The average molecular weight is 1110 g/mol. The van der Waals surface area contributed by atoms with Gasteiger partial charge in [0.1, 0.15) is 30.0 Å². The van der Waals surface area contributed by atoms with Gasteiger partial charge in [-0.1, -0.05) is 101 Å². The van der Waals surface area contributed by atoms with Crippen molar-refractivity contribution < 1.29 is 33.6 Å². The fourth-order valence-electron chi connectivity index (χ4n) is 9.84. The molecule has 414 valence electrons. The van der Waals surface area contributed by atoms with Crippen LogP contribution in [0.15, 0.2) is 78.4 Å². The monoisotopic (exact) mass is 1110 g/mol. The lowest BCUT2D eigenvalue weighted by Gasteiger charge is -2.35.